The van der Waals surface area contributed by atoms with E-state index in [1.54, 1.807) is 30.3 Å². The van der Waals surface area contributed by atoms with Crippen LogP contribution in [0.4, 0.5) is 0 Å². The number of methoxy groups -OCH3 is 1. The summed E-state index contributed by atoms with van der Waals surface area (Å²) in [6, 6.07) is 14.2. The lowest BCUT2D eigenvalue weighted by atomic mass is 10.1. The zero-order chi connectivity index (χ0) is 17.1. The van der Waals surface area contributed by atoms with Crippen LogP contribution in [-0.4, -0.2) is 18.1 Å². The Morgan fingerprint density at radius 2 is 1.96 bits per heavy atom. The summed E-state index contributed by atoms with van der Waals surface area (Å²) in [7, 11) is 1.53. The van der Waals surface area contributed by atoms with E-state index < -0.39 is 5.97 Å². The van der Waals surface area contributed by atoms with Crippen LogP contribution >= 0.6 is 0 Å². The van der Waals surface area contributed by atoms with Crippen molar-refractivity contribution in [3.63, 3.8) is 0 Å². The van der Waals surface area contributed by atoms with Crippen molar-refractivity contribution in [1.82, 2.24) is 4.98 Å². The van der Waals surface area contributed by atoms with Crippen LogP contribution < -0.4 is 10.3 Å². The lowest BCUT2D eigenvalue weighted by Crippen LogP contribution is -2.15. The number of hydrogen-bond acceptors (Lipinski definition) is 4. The first-order valence-corrected chi connectivity index (χ1v) is 7.50. The highest BCUT2D eigenvalue weighted by atomic mass is 16.5. The number of aromatic nitrogens is 1. The highest BCUT2D eigenvalue weighted by Gasteiger charge is 2.10. The van der Waals surface area contributed by atoms with Crippen LogP contribution in [0.25, 0.3) is 10.9 Å². The van der Waals surface area contributed by atoms with E-state index in [1.165, 1.54) is 7.11 Å². The molecule has 0 unspecified atom stereocenters. The molecule has 0 amide bonds. The number of aryl methyl sites for hydroxylation is 1. The molecular weight excluding hydrogens is 306 g/mol. The Morgan fingerprint density at radius 3 is 2.75 bits per heavy atom. The molecule has 0 aliphatic heterocycles. The summed E-state index contributed by atoms with van der Waals surface area (Å²) < 4.78 is 10.3. The molecule has 2 aromatic carbocycles. The lowest BCUT2D eigenvalue weighted by Gasteiger charge is -2.07. The third kappa shape index (κ3) is 3.30. The Balaban J connectivity index is 1.80. The van der Waals surface area contributed by atoms with Gasteiger partial charge in [0.05, 0.1) is 18.2 Å². The molecule has 0 atom stereocenters. The minimum Gasteiger partial charge on any atom is -0.497 e. The normalized spacial score (nSPS) is 10.6. The molecule has 0 saturated heterocycles. The third-order valence-electron chi connectivity index (χ3n) is 3.74. The second-order valence-electron chi connectivity index (χ2n) is 5.52. The minimum atomic E-state index is -0.502. The van der Waals surface area contributed by atoms with Gasteiger partial charge in [-0.1, -0.05) is 17.7 Å². The van der Waals surface area contributed by atoms with E-state index in [9.17, 15) is 9.59 Å². The molecule has 3 aromatic rings. The van der Waals surface area contributed by atoms with Crippen molar-refractivity contribution in [2.75, 3.05) is 7.11 Å². The average Bonchev–Trinajstić information content (AvgIpc) is 2.60. The highest BCUT2D eigenvalue weighted by Crippen LogP contribution is 2.16. The quantitative estimate of drug-likeness (QED) is 0.749. The first kappa shape index (κ1) is 15.8. The number of hydrogen-bond donors (Lipinski definition) is 1. The molecule has 122 valence electrons. The standard InChI is InChI=1S/C19H17NO4/c1-12-6-7-17-14(8-12)9-15(18(21)20-17)11-24-19(22)13-4-3-5-16(10-13)23-2/h3-10H,11H2,1-2H3,(H,20,21). The van der Waals surface area contributed by atoms with Crippen molar-refractivity contribution in [2.45, 2.75) is 13.5 Å². The average molecular weight is 323 g/mol. The maximum atomic E-state index is 12.1. The first-order chi connectivity index (χ1) is 11.6. The summed E-state index contributed by atoms with van der Waals surface area (Å²) >= 11 is 0. The fourth-order valence-corrected chi connectivity index (χ4v) is 2.46. The molecule has 1 aromatic heterocycles. The summed E-state index contributed by atoms with van der Waals surface area (Å²) in [5, 5.41) is 0.905. The molecule has 0 bridgehead atoms. The van der Waals surface area contributed by atoms with Crippen LogP contribution in [0.15, 0.2) is 53.3 Å². The van der Waals surface area contributed by atoms with Crippen molar-refractivity contribution in [1.29, 1.82) is 0 Å². The fraction of sp³-hybridized carbons (Fsp3) is 0.158. The van der Waals surface area contributed by atoms with Crippen molar-refractivity contribution in [3.05, 3.63) is 75.6 Å². The maximum absolute atomic E-state index is 12.1. The third-order valence-corrected chi connectivity index (χ3v) is 3.74. The Labute approximate surface area is 138 Å². The van der Waals surface area contributed by atoms with Crippen LogP contribution in [0.3, 0.4) is 0 Å². The number of aromatic amines is 1. The lowest BCUT2D eigenvalue weighted by molar-refractivity contribution is 0.0471. The van der Waals surface area contributed by atoms with Gasteiger partial charge in [-0.05, 0) is 48.7 Å². The number of nitrogens with one attached hydrogen (secondary N) is 1. The molecule has 5 nitrogen and oxygen atoms in total. The number of carbonyl (C=O) groups excluding carboxylic acids is 1. The fourth-order valence-electron chi connectivity index (χ4n) is 2.46. The molecule has 0 saturated carbocycles. The second kappa shape index (κ2) is 6.58. The van der Waals surface area contributed by atoms with E-state index in [-0.39, 0.29) is 12.2 Å². The van der Waals surface area contributed by atoms with Crippen LogP contribution in [0.2, 0.25) is 0 Å². The van der Waals surface area contributed by atoms with E-state index in [4.69, 9.17) is 9.47 Å². The molecule has 0 radical (unpaired) electrons. The number of rotatable bonds is 4. The molecule has 1 N–H and O–H groups in total. The SMILES string of the molecule is COc1cccc(C(=O)OCc2cc3cc(C)ccc3[nH]c2=O)c1. The zero-order valence-electron chi connectivity index (χ0n) is 13.5. The number of esters is 1. The zero-order valence-corrected chi connectivity index (χ0v) is 13.5. The topological polar surface area (TPSA) is 68.4 Å². The van der Waals surface area contributed by atoms with Crippen molar-refractivity contribution >= 4 is 16.9 Å². The largest absolute Gasteiger partial charge is 0.497 e. The Hall–Kier alpha value is -3.08. The number of carbonyl (C=O) groups is 1. The number of pyridine rings is 1. The van der Waals surface area contributed by atoms with Crippen LogP contribution in [0.5, 0.6) is 5.75 Å². The molecule has 0 aliphatic carbocycles. The minimum absolute atomic E-state index is 0.0880. The van der Waals surface area contributed by atoms with Gasteiger partial charge in [0.15, 0.2) is 0 Å². The summed E-state index contributed by atoms with van der Waals surface area (Å²) in [5.41, 5.74) is 2.37. The number of fused-ring (bicyclic) bond motifs is 1. The van der Waals surface area contributed by atoms with Crippen molar-refractivity contribution in [2.24, 2.45) is 0 Å². The van der Waals surface area contributed by atoms with Crippen LogP contribution in [0, 0.1) is 6.92 Å². The second-order valence-corrected chi connectivity index (χ2v) is 5.52. The van der Waals surface area contributed by atoms with Gasteiger partial charge in [-0.3, -0.25) is 4.79 Å². The Kier molecular flexibility index (Phi) is 4.33. The van der Waals surface area contributed by atoms with Gasteiger partial charge in [0.25, 0.3) is 5.56 Å². The van der Waals surface area contributed by atoms with Crippen molar-refractivity contribution in [3.8, 4) is 5.75 Å². The number of H-pyrrole nitrogens is 1. The summed E-state index contributed by atoms with van der Waals surface area (Å²) in [5.74, 6) is 0.0705. The van der Waals surface area contributed by atoms with Gasteiger partial charge in [0, 0.05) is 5.52 Å². The summed E-state index contributed by atoms with van der Waals surface area (Å²) in [4.78, 5) is 27.0. The van der Waals surface area contributed by atoms with E-state index in [1.807, 2.05) is 25.1 Å². The maximum Gasteiger partial charge on any atom is 0.338 e. The van der Waals surface area contributed by atoms with Gasteiger partial charge in [-0.25, -0.2) is 4.79 Å². The van der Waals surface area contributed by atoms with Gasteiger partial charge >= 0.3 is 5.97 Å². The Morgan fingerprint density at radius 1 is 1.12 bits per heavy atom. The van der Waals surface area contributed by atoms with Gasteiger partial charge in [-0.15, -0.1) is 0 Å². The number of benzene rings is 2. The first-order valence-electron chi connectivity index (χ1n) is 7.50. The van der Waals surface area contributed by atoms with Gasteiger partial charge in [0.2, 0.25) is 0 Å². The van der Waals surface area contributed by atoms with Gasteiger partial charge < -0.3 is 14.5 Å². The summed E-state index contributed by atoms with van der Waals surface area (Å²) in [6.45, 7) is 1.89. The van der Waals surface area contributed by atoms with E-state index >= 15 is 0 Å². The molecular formula is C19H17NO4. The van der Waals surface area contributed by atoms with E-state index in [0.717, 1.165) is 16.5 Å². The van der Waals surface area contributed by atoms with Crippen molar-refractivity contribution < 1.29 is 14.3 Å². The monoisotopic (exact) mass is 323 g/mol. The van der Waals surface area contributed by atoms with E-state index in [2.05, 4.69) is 4.98 Å². The highest BCUT2D eigenvalue weighted by molar-refractivity contribution is 5.89. The van der Waals surface area contributed by atoms with Gasteiger partial charge in [0.1, 0.15) is 12.4 Å². The molecule has 0 spiro atoms. The molecule has 1 heterocycles. The molecule has 3 rings (SSSR count). The molecule has 5 heteroatoms. The molecule has 0 aliphatic rings. The van der Waals surface area contributed by atoms with Gasteiger partial charge in [-0.2, -0.15) is 0 Å². The molecule has 24 heavy (non-hydrogen) atoms. The summed E-state index contributed by atoms with van der Waals surface area (Å²) in [6.07, 6.45) is 0. The van der Waals surface area contributed by atoms with Crippen LogP contribution in [-0.2, 0) is 11.3 Å². The predicted octanol–water partition coefficient (Wildman–Crippen LogP) is 3.20. The molecule has 0 fully saturated rings. The smallest absolute Gasteiger partial charge is 0.338 e. The Bertz CT molecular complexity index is 959. The number of ether oxygens (including phenoxy) is 2. The van der Waals surface area contributed by atoms with Crippen LogP contribution in [0.1, 0.15) is 21.5 Å². The predicted molar refractivity (Wildman–Crippen MR) is 91.4 cm³/mol. The van der Waals surface area contributed by atoms with E-state index in [0.29, 0.717) is 16.9 Å².